The highest BCUT2D eigenvalue weighted by Gasteiger charge is 2.87. The van der Waals surface area contributed by atoms with Gasteiger partial charge in [-0.2, -0.15) is 0 Å². The Labute approximate surface area is 242 Å². The van der Waals surface area contributed by atoms with E-state index in [4.69, 9.17) is 90.0 Å². The maximum atomic E-state index is 11.7. The zero-order valence-corrected chi connectivity index (χ0v) is 24.0. The molecule has 1 saturated carbocycles. The van der Waals surface area contributed by atoms with Gasteiger partial charge in [-0.15, -0.1) is 23.2 Å². The van der Waals surface area contributed by atoms with Gasteiger partial charge in [0.15, 0.2) is 4.33 Å². The van der Waals surface area contributed by atoms with Crippen LogP contribution in [0.25, 0.3) is 0 Å². The SMILES string of the molecule is CC(C)(CO)CO.CC(O)CO.O=C1C=CC(=O)O1.O=C1OC(=O)C2C1C1(Cl)C(Cl)=C(Cl)C2(Cl)C1(Cl)Cl. The molecule has 1 saturated heterocycles. The molecule has 2 aliphatic heterocycles. The first kappa shape index (κ1) is 34.4. The first-order chi connectivity index (χ1) is 16.8. The normalized spacial score (nSPS) is 31.4. The van der Waals surface area contributed by atoms with Crippen molar-refractivity contribution in [3.05, 3.63) is 22.2 Å². The summed E-state index contributed by atoms with van der Waals surface area (Å²) in [7, 11) is 0. The summed E-state index contributed by atoms with van der Waals surface area (Å²) < 4.78 is 6.61. The Kier molecular flexibility index (Phi) is 11.8. The number of carbonyl (C=O) groups excluding carboxylic acids is 4. The summed E-state index contributed by atoms with van der Waals surface area (Å²) in [5.41, 5.74) is -0.306. The minimum atomic E-state index is -1.89. The highest BCUT2D eigenvalue weighted by molar-refractivity contribution is 6.66. The fourth-order valence-corrected chi connectivity index (χ4v) is 6.08. The van der Waals surface area contributed by atoms with Gasteiger partial charge in [0.1, 0.15) is 21.6 Å². The van der Waals surface area contributed by atoms with Crippen LogP contribution in [0.15, 0.2) is 22.2 Å². The lowest BCUT2D eigenvalue weighted by atomic mass is 9.84. The number of rotatable bonds is 3. The molecule has 0 radical (unpaired) electrons. The molecule has 4 N–H and O–H groups in total. The van der Waals surface area contributed by atoms with E-state index in [0.717, 1.165) is 12.2 Å². The number of halogens is 6. The number of aliphatic hydroxyl groups is 4. The van der Waals surface area contributed by atoms with Crippen LogP contribution in [0.5, 0.6) is 0 Å². The van der Waals surface area contributed by atoms with E-state index in [0.29, 0.717) is 0 Å². The van der Waals surface area contributed by atoms with Crippen molar-refractivity contribution in [3.63, 3.8) is 0 Å². The Morgan fingerprint density at radius 1 is 0.838 bits per heavy atom. The van der Waals surface area contributed by atoms with Crippen LogP contribution in [-0.2, 0) is 28.7 Å². The second-order valence-electron chi connectivity index (χ2n) is 8.91. The monoisotopic (exact) mass is 646 g/mol. The van der Waals surface area contributed by atoms with Gasteiger partial charge >= 0.3 is 23.9 Å². The van der Waals surface area contributed by atoms with E-state index >= 15 is 0 Å². The van der Waals surface area contributed by atoms with Gasteiger partial charge in [-0.3, -0.25) is 9.59 Å². The van der Waals surface area contributed by atoms with Crippen LogP contribution >= 0.6 is 69.6 Å². The fraction of sp³-hybridized carbons (Fsp3) is 0.619. The average molecular weight is 649 g/mol. The van der Waals surface area contributed by atoms with Crippen molar-refractivity contribution < 1.29 is 49.1 Å². The number of hydrogen-bond acceptors (Lipinski definition) is 10. The number of carbonyl (C=O) groups is 4. The van der Waals surface area contributed by atoms with Crippen molar-refractivity contribution >= 4 is 93.5 Å². The van der Waals surface area contributed by atoms with Gasteiger partial charge in [-0.1, -0.05) is 60.3 Å². The third-order valence-electron chi connectivity index (χ3n) is 5.32. The third kappa shape index (κ3) is 6.40. The van der Waals surface area contributed by atoms with E-state index in [-0.39, 0.29) is 35.3 Å². The van der Waals surface area contributed by atoms with Crippen molar-refractivity contribution in [1.29, 1.82) is 0 Å². The molecule has 4 aliphatic rings. The number of hydrogen-bond donors (Lipinski definition) is 4. The number of cyclic esters (lactones) is 4. The van der Waals surface area contributed by atoms with Crippen LogP contribution in [0.1, 0.15) is 20.8 Å². The Bertz CT molecular complexity index is 928. The predicted octanol–water partition coefficient (Wildman–Crippen LogP) is 2.13. The first-order valence-electron chi connectivity index (χ1n) is 10.3. The third-order valence-corrected chi connectivity index (χ3v) is 9.58. The van der Waals surface area contributed by atoms with Crippen molar-refractivity contribution in [2.45, 2.75) is 41.0 Å². The second-order valence-corrected chi connectivity index (χ2v) is 12.2. The van der Waals surface area contributed by atoms with E-state index in [2.05, 4.69) is 9.47 Å². The van der Waals surface area contributed by atoms with Crippen molar-refractivity contribution in [3.8, 4) is 0 Å². The molecule has 210 valence electrons. The lowest BCUT2D eigenvalue weighted by Crippen LogP contribution is -2.47. The summed E-state index contributed by atoms with van der Waals surface area (Å²) in [6.07, 6.45) is 1.61. The largest absolute Gasteiger partial charge is 0.396 e. The quantitative estimate of drug-likeness (QED) is 0.202. The number of ether oxygens (including phenoxy) is 2. The molecule has 2 bridgehead atoms. The van der Waals surface area contributed by atoms with Crippen LogP contribution < -0.4 is 0 Å². The standard InChI is InChI=1S/C9H2Cl6O3.C5H12O2.C4H2O3.C3H8O2/c10-3-4(11)8(13)2-1(5(16)18-6(2)17)7(3,12)9(8,14)15;1-5(2,3-6)4-7;5-3-1-2-4(6)7-3;1-3(5)2-4/h1-2H;6-7H,3-4H2,1-2H3;1-2H;3-5H,2H2,1H3. The Hall–Kier alpha value is -0.660. The number of aliphatic hydroxyl groups excluding tert-OH is 4. The maximum Gasteiger partial charge on any atom is 0.338 e. The highest BCUT2D eigenvalue weighted by Crippen LogP contribution is 2.77. The Morgan fingerprint density at radius 2 is 1.16 bits per heavy atom. The van der Waals surface area contributed by atoms with Gasteiger partial charge in [0.05, 0.1) is 36.0 Å². The van der Waals surface area contributed by atoms with Crippen LogP contribution in [0, 0.1) is 17.3 Å². The topological polar surface area (TPSA) is 168 Å². The van der Waals surface area contributed by atoms with Gasteiger partial charge in [-0.05, 0) is 6.92 Å². The summed E-state index contributed by atoms with van der Waals surface area (Å²) in [6.45, 7) is 5.08. The zero-order chi connectivity index (χ0) is 29.1. The maximum absolute atomic E-state index is 11.7. The summed E-state index contributed by atoms with van der Waals surface area (Å²) >= 11 is 36.9. The molecule has 0 amide bonds. The predicted molar refractivity (Wildman–Crippen MR) is 135 cm³/mol. The molecule has 0 aromatic carbocycles. The summed E-state index contributed by atoms with van der Waals surface area (Å²) in [6, 6.07) is 0. The van der Waals surface area contributed by atoms with Crippen molar-refractivity contribution in [2.75, 3.05) is 19.8 Å². The summed E-state index contributed by atoms with van der Waals surface area (Å²) in [5.74, 6) is -5.15. The van der Waals surface area contributed by atoms with E-state index < -0.39 is 55.9 Å². The molecule has 5 unspecified atom stereocenters. The molecule has 10 nitrogen and oxygen atoms in total. The number of esters is 4. The molecular formula is C21H24Cl6O10. The molecule has 0 aromatic heterocycles. The molecular weight excluding hydrogens is 625 g/mol. The Morgan fingerprint density at radius 3 is 1.35 bits per heavy atom. The van der Waals surface area contributed by atoms with Gasteiger partial charge in [0.2, 0.25) is 0 Å². The van der Waals surface area contributed by atoms with Crippen LogP contribution in [0.3, 0.4) is 0 Å². The van der Waals surface area contributed by atoms with E-state index in [1.807, 2.05) is 0 Å². The molecule has 16 heteroatoms. The number of alkyl halides is 4. The number of allylic oxidation sites excluding steroid dienone is 2. The minimum Gasteiger partial charge on any atom is -0.396 e. The lowest BCUT2D eigenvalue weighted by molar-refractivity contribution is -0.155. The molecule has 4 rings (SSSR count). The van der Waals surface area contributed by atoms with Crippen LogP contribution in [0.4, 0.5) is 0 Å². The van der Waals surface area contributed by atoms with Gasteiger partial charge in [0.25, 0.3) is 0 Å². The number of fused-ring (bicyclic) bond motifs is 5. The van der Waals surface area contributed by atoms with Crippen molar-refractivity contribution in [1.82, 2.24) is 0 Å². The van der Waals surface area contributed by atoms with Gasteiger partial charge in [-0.25, -0.2) is 9.59 Å². The van der Waals surface area contributed by atoms with Crippen LogP contribution in [0.2, 0.25) is 0 Å². The van der Waals surface area contributed by atoms with Gasteiger partial charge in [0, 0.05) is 17.6 Å². The second kappa shape index (κ2) is 12.7. The average Bonchev–Trinajstić information content (AvgIpc) is 3.43. The lowest BCUT2D eigenvalue weighted by Gasteiger charge is -2.32. The molecule has 5 atom stereocenters. The van der Waals surface area contributed by atoms with Crippen molar-refractivity contribution in [2.24, 2.45) is 17.3 Å². The van der Waals surface area contributed by atoms with E-state index in [1.54, 1.807) is 13.8 Å². The molecule has 37 heavy (non-hydrogen) atoms. The van der Waals surface area contributed by atoms with Gasteiger partial charge < -0.3 is 29.9 Å². The highest BCUT2D eigenvalue weighted by atomic mass is 35.5. The summed E-state index contributed by atoms with van der Waals surface area (Å²) in [5, 5.41) is 32.6. The van der Waals surface area contributed by atoms with E-state index in [9.17, 15) is 19.2 Å². The molecule has 2 aliphatic carbocycles. The molecule has 0 spiro atoms. The Balaban J connectivity index is 0.000000298. The first-order valence-corrected chi connectivity index (χ1v) is 12.6. The smallest absolute Gasteiger partial charge is 0.338 e. The minimum absolute atomic E-state index is 0.0451. The zero-order valence-electron chi connectivity index (χ0n) is 19.5. The fourth-order valence-electron chi connectivity index (χ4n) is 3.16. The summed E-state index contributed by atoms with van der Waals surface area (Å²) in [4.78, 5) is 39.8. The molecule has 2 heterocycles. The van der Waals surface area contributed by atoms with Crippen LogP contribution in [-0.4, -0.2) is 84.3 Å². The molecule has 2 fully saturated rings. The molecule has 0 aromatic rings. The van der Waals surface area contributed by atoms with E-state index in [1.165, 1.54) is 6.92 Å².